The van der Waals surface area contributed by atoms with E-state index in [1.165, 1.54) is 5.56 Å². The Balaban J connectivity index is 1.62. The molecule has 0 aliphatic carbocycles. The fourth-order valence-electron chi connectivity index (χ4n) is 3.73. The molecule has 0 spiro atoms. The lowest BCUT2D eigenvalue weighted by Crippen LogP contribution is -2.42. The van der Waals surface area contributed by atoms with E-state index in [1.54, 1.807) is 12.4 Å². The van der Waals surface area contributed by atoms with Gasteiger partial charge < -0.3 is 4.90 Å². The van der Waals surface area contributed by atoms with Gasteiger partial charge in [0.2, 0.25) is 5.91 Å². The van der Waals surface area contributed by atoms with Gasteiger partial charge in [0.1, 0.15) is 0 Å². The largest absolute Gasteiger partial charge is 0.338 e. The van der Waals surface area contributed by atoms with Crippen LogP contribution in [0.15, 0.2) is 54.9 Å². The van der Waals surface area contributed by atoms with Gasteiger partial charge in [0.25, 0.3) is 0 Å². The summed E-state index contributed by atoms with van der Waals surface area (Å²) in [4.78, 5) is 21.4. The molecule has 1 saturated heterocycles. The molecular formula is C21H27N3O. The van der Waals surface area contributed by atoms with Crippen molar-refractivity contribution >= 4 is 5.91 Å². The van der Waals surface area contributed by atoms with Crippen LogP contribution in [0.3, 0.4) is 0 Å². The number of rotatable bonds is 6. The van der Waals surface area contributed by atoms with Crippen molar-refractivity contribution in [2.75, 3.05) is 19.6 Å². The van der Waals surface area contributed by atoms with Gasteiger partial charge in [-0.15, -0.1) is 0 Å². The third-order valence-electron chi connectivity index (χ3n) is 5.20. The van der Waals surface area contributed by atoms with Crippen LogP contribution in [0.5, 0.6) is 0 Å². The summed E-state index contributed by atoms with van der Waals surface area (Å²) in [6.45, 7) is 7.08. The summed E-state index contributed by atoms with van der Waals surface area (Å²) in [6, 6.07) is 15.2. The average molecular weight is 337 g/mol. The molecule has 1 aliphatic rings. The first-order chi connectivity index (χ1) is 12.2. The molecule has 1 fully saturated rings. The minimum Gasteiger partial charge on any atom is -0.338 e. The topological polar surface area (TPSA) is 36.4 Å². The number of likely N-dealkylation sites (N-methyl/N-ethyl adjacent to an activating group) is 1. The molecule has 4 heteroatoms. The Labute approximate surface area is 150 Å². The minimum absolute atomic E-state index is 0.203. The number of carbonyl (C=O) groups excluding carboxylic acids is 1. The van der Waals surface area contributed by atoms with Crippen LogP contribution in [-0.2, 0) is 11.2 Å². The molecule has 3 rings (SSSR count). The normalized spacial score (nSPS) is 18.9. The predicted molar refractivity (Wildman–Crippen MR) is 100 cm³/mol. The molecular weight excluding hydrogens is 310 g/mol. The van der Waals surface area contributed by atoms with Crippen LogP contribution < -0.4 is 0 Å². The molecule has 1 aromatic carbocycles. The Morgan fingerprint density at radius 3 is 2.76 bits per heavy atom. The summed E-state index contributed by atoms with van der Waals surface area (Å²) in [7, 11) is 0. The van der Waals surface area contributed by atoms with Crippen LogP contribution in [0, 0.1) is 0 Å². The SMILES string of the molecule is CCN(C(=O)Cc1cccnc1)[C@H]1CCN([C@H](C)c2ccccc2)C1. The molecule has 2 atom stereocenters. The number of amides is 1. The van der Waals surface area contributed by atoms with Gasteiger partial charge in [-0.05, 0) is 37.5 Å². The van der Waals surface area contributed by atoms with Crippen molar-refractivity contribution in [3.05, 3.63) is 66.0 Å². The maximum absolute atomic E-state index is 12.8. The second kappa shape index (κ2) is 8.26. The van der Waals surface area contributed by atoms with Crippen molar-refractivity contribution in [3.8, 4) is 0 Å². The van der Waals surface area contributed by atoms with Crippen molar-refractivity contribution in [2.45, 2.75) is 38.8 Å². The molecule has 2 aromatic rings. The van der Waals surface area contributed by atoms with Crippen molar-refractivity contribution in [1.82, 2.24) is 14.8 Å². The molecule has 1 amide bonds. The third kappa shape index (κ3) is 4.26. The lowest BCUT2D eigenvalue weighted by Gasteiger charge is -2.30. The standard InChI is InChI=1S/C21H27N3O/c1-3-24(21(25)14-18-8-7-12-22-15-18)20-11-13-23(16-20)17(2)19-9-5-4-6-10-19/h4-10,12,15,17,20H,3,11,13-14,16H2,1-2H3/t17-,20+/m1/s1. The zero-order valence-corrected chi connectivity index (χ0v) is 15.1. The Morgan fingerprint density at radius 1 is 1.28 bits per heavy atom. The average Bonchev–Trinajstić information content (AvgIpc) is 3.13. The van der Waals surface area contributed by atoms with Gasteiger partial charge in [-0.25, -0.2) is 0 Å². The zero-order chi connectivity index (χ0) is 17.6. The molecule has 4 nitrogen and oxygen atoms in total. The van der Waals surface area contributed by atoms with E-state index >= 15 is 0 Å². The van der Waals surface area contributed by atoms with E-state index in [2.05, 4.69) is 54.1 Å². The second-order valence-corrected chi connectivity index (χ2v) is 6.74. The van der Waals surface area contributed by atoms with Crippen molar-refractivity contribution < 1.29 is 4.79 Å². The van der Waals surface area contributed by atoms with Gasteiger partial charge in [-0.3, -0.25) is 14.7 Å². The van der Waals surface area contributed by atoms with Crippen molar-refractivity contribution in [2.24, 2.45) is 0 Å². The number of benzene rings is 1. The fourth-order valence-corrected chi connectivity index (χ4v) is 3.73. The van der Waals surface area contributed by atoms with Crippen LogP contribution in [0.1, 0.15) is 37.4 Å². The monoisotopic (exact) mass is 337 g/mol. The third-order valence-corrected chi connectivity index (χ3v) is 5.20. The molecule has 0 radical (unpaired) electrons. The Kier molecular flexibility index (Phi) is 5.82. The molecule has 1 aliphatic heterocycles. The predicted octanol–water partition coefficient (Wildman–Crippen LogP) is 3.31. The smallest absolute Gasteiger partial charge is 0.227 e. The summed E-state index contributed by atoms with van der Waals surface area (Å²) in [5, 5.41) is 0. The highest BCUT2D eigenvalue weighted by atomic mass is 16.2. The van der Waals surface area contributed by atoms with Crippen LogP contribution in [0.25, 0.3) is 0 Å². The molecule has 0 saturated carbocycles. The number of carbonyl (C=O) groups is 1. The highest BCUT2D eigenvalue weighted by Crippen LogP contribution is 2.26. The minimum atomic E-state index is 0.203. The lowest BCUT2D eigenvalue weighted by atomic mass is 10.1. The van der Waals surface area contributed by atoms with E-state index in [1.807, 2.05) is 17.0 Å². The van der Waals surface area contributed by atoms with Gasteiger partial charge in [0.15, 0.2) is 0 Å². The first-order valence-electron chi connectivity index (χ1n) is 9.16. The Hall–Kier alpha value is -2.20. The van der Waals surface area contributed by atoms with Crippen LogP contribution in [-0.4, -0.2) is 46.4 Å². The number of aromatic nitrogens is 1. The number of hydrogen-bond acceptors (Lipinski definition) is 3. The molecule has 0 unspecified atom stereocenters. The highest BCUT2D eigenvalue weighted by molar-refractivity contribution is 5.79. The van der Waals surface area contributed by atoms with E-state index in [0.717, 1.165) is 31.6 Å². The van der Waals surface area contributed by atoms with Gasteiger partial charge >= 0.3 is 0 Å². The molecule has 25 heavy (non-hydrogen) atoms. The number of likely N-dealkylation sites (tertiary alicyclic amines) is 1. The van der Waals surface area contributed by atoms with E-state index in [9.17, 15) is 4.79 Å². The summed E-state index contributed by atoms with van der Waals surface area (Å²) in [5.41, 5.74) is 2.33. The molecule has 0 N–H and O–H groups in total. The maximum atomic E-state index is 12.8. The highest BCUT2D eigenvalue weighted by Gasteiger charge is 2.32. The second-order valence-electron chi connectivity index (χ2n) is 6.74. The summed E-state index contributed by atoms with van der Waals surface area (Å²) >= 11 is 0. The lowest BCUT2D eigenvalue weighted by molar-refractivity contribution is -0.132. The molecule has 132 valence electrons. The van der Waals surface area contributed by atoms with Crippen molar-refractivity contribution in [1.29, 1.82) is 0 Å². The van der Waals surface area contributed by atoms with Crippen LogP contribution in [0.4, 0.5) is 0 Å². The molecule has 2 heterocycles. The van der Waals surface area contributed by atoms with E-state index in [0.29, 0.717) is 18.5 Å². The van der Waals surface area contributed by atoms with Gasteiger partial charge in [0.05, 0.1) is 6.42 Å². The van der Waals surface area contributed by atoms with E-state index in [-0.39, 0.29) is 5.91 Å². The van der Waals surface area contributed by atoms with Crippen LogP contribution >= 0.6 is 0 Å². The Bertz CT molecular complexity index is 674. The molecule has 0 bridgehead atoms. The van der Waals surface area contributed by atoms with Gasteiger partial charge in [0, 0.05) is 44.1 Å². The van der Waals surface area contributed by atoms with Gasteiger partial charge in [-0.2, -0.15) is 0 Å². The number of hydrogen-bond donors (Lipinski definition) is 0. The fraction of sp³-hybridized carbons (Fsp3) is 0.429. The molecule has 1 aromatic heterocycles. The summed E-state index contributed by atoms with van der Waals surface area (Å²) in [6.07, 6.45) is 5.01. The first kappa shape index (κ1) is 17.6. The van der Waals surface area contributed by atoms with Gasteiger partial charge in [-0.1, -0.05) is 36.4 Å². The van der Waals surface area contributed by atoms with Crippen LogP contribution in [0.2, 0.25) is 0 Å². The van der Waals surface area contributed by atoms with E-state index in [4.69, 9.17) is 0 Å². The number of nitrogens with zero attached hydrogens (tertiary/aromatic N) is 3. The quantitative estimate of drug-likeness (QED) is 0.811. The number of pyridine rings is 1. The van der Waals surface area contributed by atoms with E-state index < -0.39 is 0 Å². The Morgan fingerprint density at radius 2 is 2.08 bits per heavy atom. The maximum Gasteiger partial charge on any atom is 0.227 e. The first-order valence-corrected chi connectivity index (χ1v) is 9.16. The summed E-state index contributed by atoms with van der Waals surface area (Å²) in [5.74, 6) is 0.203. The summed E-state index contributed by atoms with van der Waals surface area (Å²) < 4.78 is 0. The zero-order valence-electron chi connectivity index (χ0n) is 15.1. The van der Waals surface area contributed by atoms with Crippen molar-refractivity contribution in [3.63, 3.8) is 0 Å².